The lowest BCUT2D eigenvalue weighted by molar-refractivity contribution is -0.147. The molecule has 1 aromatic rings. The molecule has 5 nitrogen and oxygen atoms in total. The first kappa shape index (κ1) is 14.2. The van der Waals surface area contributed by atoms with E-state index in [9.17, 15) is 9.59 Å². The van der Waals surface area contributed by atoms with Gasteiger partial charge in [0, 0.05) is 18.9 Å². The molecule has 2 atom stereocenters. The van der Waals surface area contributed by atoms with E-state index in [1.54, 1.807) is 12.4 Å². The first-order valence-corrected chi connectivity index (χ1v) is 6.73. The van der Waals surface area contributed by atoms with Gasteiger partial charge in [0.25, 0.3) is 0 Å². The molecule has 0 aromatic carbocycles. The van der Waals surface area contributed by atoms with Crippen LogP contribution in [0.2, 0.25) is 0 Å². The molecule has 0 aliphatic heterocycles. The average molecular weight is 274 g/mol. The predicted molar refractivity (Wildman–Crippen MR) is 73.9 cm³/mol. The number of carbonyl (C=O) groups excluding carboxylic acids is 1. The van der Waals surface area contributed by atoms with E-state index in [2.05, 4.69) is 10.3 Å². The van der Waals surface area contributed by atoms with Gasteiger partial charge in [-0.2, -0.15) is 0 Å². The third-order valence-corrected chi connectivity index (χ3v) is 3.55. The van der Waals surface area contributed by atoms with Gasteiger partial charge in [-0.3, -0.25) is 14.6 Å². The van der Waals surface area contributed by atoms with Gasteiger partial charge < -0.3 is 10.4 Å². The van der Waals surface area contributed by atoms with E-state index in [1.165, 1.54) is 0 Å². The van der Waals surface area contributed by atoms with Crippen LogP contribution in [0.15, 0.2) is 36.7 Å². The molecule has 2 N–H and O–H groups in total. The third kappa shape index (κ3) is 3.66. The minimum Gasteiger partial charge on any atom is -0.481 e. The second kappa shape index (κ2) is 6.84. The number of aliphatic carboxylic acids is 1. The highest BCUT2D eigenvalue weighted by Gasteiger charge is 2.33. The van der Waals surface area contributed by atoms with Gasteiger partial charge in [-0.25, -0.2) is 0 Å². The molecule has 20 heavy (non-hydrogen) atoms. The number of amides is 1. The molecular weight excluding hydrogens is 256 g/mol. The molecule has 1 aliphatic carbocycles. The molecule has 2 rings (SSSR count). The topological polar surface area (TPSA) is 79.3 Å². The predicted octanol–water partition coefficient (Wildman–Crippen LogP) is 1.41. The highest BCUT2D eigenvalue weighted by atomic mass is 16.4. The lowest BCUT2D eigenvalue weighted by Crippen LogP contribution is -2.39. The molecule has 1 aromatic heterocycles. The summed E-state index contributed by atoms with van der Waals surface area (Å²) in [5, 5.41) is 12.0. The van der Waals surface area contributed by atoms with E-state index in [0.29, 0.717) is 25.8 Å². The van der Waals surface area contributed by atoms with Crippen LogP contribution in [-0.2, 0) is 16.0 Å². The van der Waals surface area contributed by atoms with Crippen LogP contribution < -0.4 is 5.32 Å². The van der Waals surface area contributed by atoms with Crippen molar-refractivity contribution >= 4 is 11.9 Å². The molecule has 0 spiro atoms. The van der Waals surface area contributed by atoms with Crippen molar-refractivity contribution in [2.75, 3.05) is 6.54 Å². The summed E-state index contributed by atoms with van der Waals surface area (Å²) in [6.07, 6.45) is 8.78. The molecule has 0 unspecified atom stereocenters. The summed E-state index contributed by atoms with van der Waals surface area (Å²) in [6.45, 7) is 0.509. The van der Waals surface area contributed by atoms with Gasteiger partial charge in [0.15, 0.2) is 0 Å². The Balaban J connectivity index is 1.85. The number of rotatable bonds is 5. The minimum atomic E-state index is -0.899. The van der Waals surface area contributed by atoms with Crippen molar-refractivity contribution in [1.29, 1.82) is 0 Å². The van der Waals surface area contributed by atoms with E-state index < -0.39 is 17.8 Å². The van der Waals surface area contributed by atoms with E-state index in [-0.39, 0.29) is 5.91 Å². The van der Waals surface area contributed by atoms with Gasteiger partial charge >= 0.3 is 5.97 Å². The maximum atomic E-state index is 12.1. The normalized spacial score (nSPS) is 21.4. The number of hydrogen-bond donors (Lipinski definition) is 2. The second-order valence-corrected chi connectivity index (χ2v) is 4.89. The van der Waals surface area contributed by atoms with Crippen LogP contribution in [0.4, 0.5) is 0 Å². The standard InChI is InChI=1S/C15H18N2O3/c18-14(12-3-1-2-4-13(12)15(19)20)17-10-7-11-5-8-16-9-6-11/h1-2,5-6,8-9,12-13H,3-4,7,10H2,(H,17,18)(H,19,20)/t12-,13-/m1/s1. The van der Waals surface area contributed by atoms with Crippen LogP contribution in [0, 0.1) is 11.8 Å². The highest BCUT2D eigenvalue weighted by molar-refractivity contribution is 5.85. The number of allylic oxidation sites excluding steroid dienone is 2. The number of carbonyl (C=O) groups is 2. The van der Waals surface area contributed by atoms with E-state index in [1.807, 2.05) is 24.3 Å². The monoisotopic (exact) mass is 274 g/mol. The fourth-order valence-electron chi connectivity index (χ4n) is 2.39. The zero-order chi connectivity index (χ0) is 14.4. The number of pyridine rings is 1. The van der Waals surface area contributed by atoms with Crippen molar-refractivity contribution < 1.29 is 14.7 Å². The summed E-state index contributed by atoms with van der Waals surface area (Å²) < 4.78 is 0. The number of carboxylic acids is 1. The Bertz CT molecular complexity index is 499. The van der Waals surface area contributed by atoms with Crippen molar-refractivity contribution in [3.8, 4) is 0 Å². The van der Waals surface area contributed by atoms with Crippen LogP contribution >= 0.6 is 0 Å². The zero-order valence-electron chi connectivity index (χ0n) is 11.2. The lowest BCUT2D eigenvalue weighted by Gasteiger charge is -2.24. The smallest absolute Gasteiger partial charge is 0.307 e. The molecule has 106 valence electrons. The van der Waals surface area contributed by atoms with Crippen molar-refractivity contribution in [1.82, 2.24) is 10.3 Å². The maximum Gasteiger partial charge on any atom is 0.307 e. The molecule has 0 saturated carbocycles. The van der Waals surface area contributed by atoms with Crippen LogP contribution in [0.5, 0.6) is 0 Å². The van der Waals surface area contributed by atoms with Crippen LogP contribution in [0.1, 0.15) is 18.4 Å². The number of nitrogens with zero attached hydrogens (tertiary/aromatic N) is 1. The Morgan fingerprint density at radius 2 is 1.85 bits per heavy atom. The average Bonchev–Trinajstić information content (AvgIpc) is 2.48. The third-order valence-electron chi connectivity index (χ3n) is 3.55. The SMILES string of the molecule is O=C(O)[C@@H]1CC=CC[C@H]1C(=O)NCCc1ccncc1. The fourth-order valence-corrected chi connectivity index (χ4v) is 2.39. The summed E-state index contributed by atoms with van der Waals surface area (Å²) in [6, 6.07) is 3.80. The number of hydrogen-bond acceptors (Lipinski definition) is 3. The Morgan fingerprint density at radius 1 is 1.20 bits per heavy atom. The number of carboxylic acid groups (broad SMARTS) is 1. The summed E-state index contributed by atoms with van der Waals surface area (Å²) in [5.74, 6) is -2.14. The molecule has 1 amide bonds. The second-order valence-electron chi connectivity index (χ2n) is 4.89. The number of nitrogens with one attached hydrogen (secondary N) is 1. The Hall–Kier alpha value is -2.17. The Morgan fingerprint density at radius 3 is 2.50 bits per heavy atom. The summed E-state index contributed by atoms with van der Waals surface area (Å²) >= 11 is 0. The first-order chi connectivity index (χ1) is 9.68. The molecular formula is C15H18N2O3. The minimum absolute atomic E-state index is 0.171. The van der Waals surface area contributed by atoms with E-state index in [4.69, 9.17) is 5.11 Å². The van der Waals surface area contributed by atoms with Crippen molar-refractivity contribution in [2.24, 2.45) is 11.8 Å². The molecule has 0 fully saturated rings. The molecule has 5 heteroatoms. The Labute approximate surface area is 117 Å². The maximum absolute atomic E-state index is 12.1. The fraction of sp³-hybridized carbons (Fsp3) is 0.400. The van der Waals surface area contributed by atoms with Gasteiger partial charge in [0.2, 0.25) is 5.91 Å². The zero-order valence-corrected chi connectivity index (χ0v) is 11.2. The van der Waals surface area contributed by atoms with Crippen molar-refractivity contribution in [2.45, 2.75) is 19.3 Å². The van der Waals surface area contributed by atoms with Crippen molar-refractivity contribution in [3.63, 3.8) is 0 Å². The first-order valence-electron chi connectivity index (χ1n) is 6.73. The van der Waals surface area contributed by atoms with Gasteiger partial charge in [0.05, 0.1) is 11.8 Å². The largest absolute Gasteiger partial charge is 0.481 e. The lowest BCUT2D eigenvalue weighted by atomic mass is 9.82. The summed E-state index contributed by atoms with van der Waals surface area (Å²) in [4.78, 5) is 27.2. The van der Waals surface area contributed by atoms with Gasteiger partial charge in [-0.1, -0.05) is 12.2 Å². The summed E-state index contributed by atoms with van der Waals surface area (Å²) in [5.41, 5.74) is 1.10. The van der Waals surface area contributed by atoms with Crippen molar-refractivity contribution in [3.05, 3.63) is 42.2 Å². The van der Waals surface area contributed by atoms with Gasteiger partial charge in [0.1, 0.15) is 0 Å². The molecule has 1 heterocycles. The quantitative estimate of drug-likeness (QED) is 0.796. The van der Waals surface area contributed by atoms with E-state index in [0.717, 1.165) is 5.56 Å². The molecule has 0 bridgehead atoms. The molecule has 0 saturated heterocycles. The van der Waals surface area contributed by atoms with Gasteiger partial charge in [-0.15, -0.1) is 0 Å². The highest BCUT2D eigenvalue weighted by Crippen LogP contribution is 2.25. The van der Waals surface area contributed by atoms with Crippen LogP contribution in [0.3, 0.4) is 0 Å². The van der Waals surface area contributed by atoms with Gasteiger partial charge in [-0.05, 0) is 37.0 Å². The molecule has 1 aliphatic rings. The van der Waals surface area contributed by atoms with Crippen LogP contribution in [-0.4, -0.2) is 28.5 Å². The summed E-state index contributed by atoms with van der Waals surface area (Å²) in [7, 11) is 0. The number of aromatic nitrogens is 1. The van der Waals surface area contributed by atoms with E-state index >= 15 is 0 Å². The molecule has 0 radical (unpaired) electrons. The van der Waals surface area contributed by atoms with Crippen LogP contribution in [0.25, 0.3) is 0 Å². The Kier molecular flexibility index (Phi) is 4.87.